The van der Waals surface area contributed by atoms with Crippen LogP contribution in [0.4, 0.5) is 0 Å². The highest BCUT2D eigenvalue weighted by molar-refractivity contribution is 6.31. The van der Waals surface area contributed by atoms with E-state index in [2.05, 4.69) is 0 Å². The summed E-state index contributed by atoms with van der Waals surface area (Å²) in [4.78, 5) is 10.7. The van der Waals surface area contributed by atoms with Gasteiger partial charge in [0.2, 0.25) is 0 Å². The van der Waals surface area contributed by atoms with E-state index in [0.29, 0.717) is 0 Å². The Morgan fingerprint density at radius 2 is 2.00 bits per heavy atom. The molecule has 0 aliphatic carbocycles. The number of aliphatic carboxylic acids is 1. The van der Waals surface area contributed by atoms with Crippen LogP contribution in [0.15, 0.2) is 24.3 Å². The SMILES string of the molecule is CC(O)(C(=O)O)[C@@H](O)c1ccccc1Cl. The minimum atomic E-state index is -2.26. The van der Waals surface area contributed by atoms with Gasteiger partial charge in [0.15, 0.2) is 5.60 Å². The summed E-state index contributed by atoms with van der Waals surface area (Å²) in [6.07, 6.45) is -1.57. The standard InChI is InChI=1S/C10H11ClO4/c1-10(15,9(13)14)8(12)6-4-2-3-5-7(6)11/h2-5,8,12,15H,1H3,(H,13,14)/t8-,10?/m0/s1. The molecule has 2 atom stereocenters. The summed E-state index contributed by atoms with van der Waals surface area (Å²) in [5.41, 5.74) is -2.07. The number of hydrogen-bond acceptors (Lipinski definition) is 3. The lowest BCUT2D eigenvalue weighted by molar-refractivity contribution is -0.169. The van der Waals surface area contributed by atoms with E-state index in [9.17, 15) is 15.0 Å². The van der Waals surface area contributed by atoms with E-state index in [1.807, 2.05) is 0 Å². The van der Waals surface area contributed by atoms with Gasteiger partial charge in [0.05, 0.1) is 0 Å². The van der Waals surface area contributed by atoms with Gasteiger partial charge in [-0.15, -0.1) is 0 Å². The van der Waals surface area contributed by atoms with Crippen LogP contribution in [0.2, 0.25) is 5.02 Å². The molecule has 1 unspecified atom stereocenters. The number of hydrogen-bond donors (Lipinski definition) is 3. The average molecular weight is 231 g/mol. The third-order valence-electron chi connectivity index (χ3n) is 2.17. The van der Waals surface area contributed by atoms with Gasteiger partial charge in [0, 0.05) is 10.6 Å². The zero-order valence-corrected chi connectivity index (χ0v) is 8.77. The number of aliphatic hydroxyl groups excluding tert-OH is 1. The van der Waals surface area contributed by atoms with Gasteiger partial charge >= 0.3 is 5.97 Å². The fraction of sp³-hybridized carbons (Fsp3) is 0.300. The van der Waals surface area contributed by atoms with Crippen LogP contribution in [0.1, 0.15) is 18.6 Å². The molecular weight excluding hydrogens is 220 g/mol. The summed E-state index contributed by atoms with van der Waals surface area (Å²) >= 11 is 5.77. The van der Waals surface area contributed by atoms with Gasteiger partial charge < -0.3 is 15.3 Å². The molecule has 0 heterocycles. The molecule has 0 amide bonds. The van der Waals surface area contributed by atoms with Crippen molar-refractivity contribution in [1.29, 1.82) is 0 Å². The summed E-state index contributed by atoms with van der Waals surface area (Å²) in [6.45, 7) is 1.02. The van der Waals surface area contributed by atoms with E-state index >= 15 is 0 Å². The number of carboxylic acids is 1. The molecule has 0 radical (unpaired) electrons. The number of carbonyl (C=O) groups is 1. The molecule has 15 heavy (non-hydrogen) atoms. The monoisotopic (exact) mass is 230 g/mol. The molecule has 0 spiro atoms. The minimum Gasteiger partial charge on any atom is -0.479 e. The molecule has 0 aliphatic heterocycles. The van der Waals surface area contributed by atoms with Gasteiger partial charge in [-0.25, -0.2) is 4.79 Å². The van der Waals surface area contributed by atoms with E-state index in [-0.39, 0.29) is 10.6 Å². The molecule has 5 heteroatoms. The van der Waals surface area contributed by atoms with Crippen LogP contribution in [0.5, 0.6) is 0 Å². The lowest BCUT2D eigenvalue weighted by atomic mass is 9.93. The Balaban J connectivity index is 3.10. The molecule has 1 aromatic carbocycles. The zero-order valence-electron chi connectivity index (χ0n) is 8.01. The van der Waals surface area contributed by atoms with Gasteiger partial charge in [0.1, 0.15) is 6.10 Å². The Hall–Kier alpha value is -1.10. The van der Waals surface area contributed by atoms with Crippen LogP contribution in [0, 0.1) is 0 Å². The molecule has 0 fully saturated rings. The smallest absolute Gasteiger partial charge is 0.338 e. The van der Waals surface area contributed by atoms with E-state index in [1.165, 1.54) is 12.1 Å². The Morgan fingerprint density at radius 1 is 1.47 bits per heavy atom. The molecule has 0 saturated heterocycles. The van der Waals surface area contributed by atoms with E-state index in [4.69, 9.17) is 16.7 Å². The number of halogens is 1. The highest BCUT2D eigenvalue weighted by atomic mass is 35.5. The first-order valence-electron chi connectivity index (χ1n) is 4.25. The van der Waals surface area contributed by atoms with E-state index in [0.717, 1.165) is 6.92 Å². The zero-order chi connectivity index (χ0) is 11.6. The molecule has 0 aliphatic rings. The van der Waals surface area contributed by atoms with E-state index < -0.39 is 17.7 Å². The quantitative estimate of drug-likeness (QED) is 0.729. The van der Waals surface area contributed by atoms with Crippen molar-refractivity contribution in [2.45, 2.75) is 18.6 Å². The van der Waals surface area contributed by atoms with Gasteiger partial charge in [-0.3, -0.25) is 0 Å². The Bertz CT molecular complexity index is 375. The number of aliphatic hydroxyl groups is 2. The highest BCUT2D eigenvalue weighted by Gasteiger charge is 2.40. The largest absolute Gasteiger partial charge is 0.479 e. The third kappa shape index (κ3) is 2.28. The number of rotatable bonds is 3. The Labute approximate surface area is 91.7 Å². The van der Waals surface area contributed by atoms with Crippen LogP contribution < -0.4 is 0 Å². The van der Waals surface area contributed by atoms with Crippen LogP contribution in [-0.4, -0.2) is 26.9 Å². The van der Waals surface area contributed by atoms with Gasteiger partial charge in [-0.2, -0.15) is 0 Å². The van der Waals surface area contributed by atoms with Crippen LogP contribution in [0.3, 0.4) is 0 Å². The van der Waals surface area contributed by atoms with Crippen molar-refractivity contribution in [3.05, 3.63) is 34.9 Å². The topological polar surface area (TPSA) is 77.8 Å². The second kappa shape index (κ2) is 4.18. The second-order valence-corrected chi connectivity index (χ2v) is 3.78. The lowest BCUT2D eigenvalue weighted by Gasteiger charge is -2.25. The summed E-state index contributed by atoms with van der Waals surface area (Å²) in [5, 5.41) is 28.1. The Morgan fingerprint density at radius 3 is 2.47 bits per heavy atom. The summed E-state index contributed by atoms with van der Waals surface area (Å²) in [7, 11) is 0. The van der Waals surface area contributed by atoms with Crippen molar-refractivity contribution in [2.24, 2.45) is 0 Å². The van der Waals surface area contributed by atoms with Crippen molar-refractivity contribution in [3.63, 3.8) is 0 Å². The van der Waals surface area contributed by atoms with Crippen LogP contribution >= 0.6 is 11.6 Å². The maximum absolute atomic E-state index is 10.7. The first-order valence-corrected chi connectivity index (χ1v) is 4.63. The summed E-state index contributed by atoms with van der Waals surface area (Å²) < 4.78 is 0. The maximum Gasteiger partial charge on any atom is 0.338 e. The fourth-order valence-electron chi connectivity index (χ4n) is 1.12. The van der Waals surface area contributed by atoms with E-state index in [1.54, 1.807) is 12.1 Å². The Kier molecular flexibility index (Phi) is 3.34. The molecule has 1 rings (SSSR count). The molecule has 0 bridgehead atoms. The lowest BCUT2D eigenvalue weighted by Crippen LogP contribution is -2.41. The van der Waals surface area contributed by atoms with Gasteiger partial charge in [-0.05, 0) is 13.0 Å². The predicted molar refractivity (Wildman–Crippen MR) is 54.7 cm³/mol. The van der Waals surface area contributed by atoms with Crippen molar-refractivity contribution in [3.8, 4) is 0 Å². The average Bonchev–Trinajstić information content (AvgIpc) is 2.17. The second-order valence-electron chi connectivity index (χ2n) is 3.38. The van der Waals surface area contributed by atoms with Crippen molar-refractivity contribution >= 4 is 17.6 Å². The normalized spacial score (nSPS) is 16.8. The molecule has 1 aromatic rings. The minimum absolute atomic E-state index is 0.187. The van der Waals surface area contributed by atoms with Crippen molar-refractivity contribution < 1.29 is 20.1 Å². The summed E-state index contributed by atoms with van der Waals surface area (Å²) in [5.74, 6) is -1.50. The van der Waals surface area contributed by atoms with Crippen molar-refractivity contribution in [1.82, 2.24) is 0 Å². The molecule has 0 saturated carbocycles. The molecule has 0 aromatic heterocycles. The van der Waals surface area contributed by atoms with Gasteiger partial charge in [0.25, 0.3) is 0 Å². The summed E-state index contributed by atoms with van der Waals surface area (Å²) in [6, 6.07) is 6.22. The van der Waals surface area contributed by atoms with Crippen LogP contribution in [-0.2, 0) is 4.79 Å². The van der Waals surface area contributed by atoms with Gasteiger partial charge in [-0.1, -0.05) is 29.8 Å². The highest BCUT2D eigenvalue weighted by Crippen LogP contribution is 2.30. The third-order valence-corrected chi connectivity index (χ3v) is 2.51. The predicted octanol–water partition coefficient (Wildman–Crippen LogP) is 1.21. The van der Waals surface area contributed by atoms with Crippen molar-refractivity contribution in [2.75, 3.05) is 0 Å². The molecule has 82 valence electrons. The fourth-order valence-corrected chi connectivity index (χ4v) is 1.36. The molecular formula is C10H11ClO4. The number of carboxylic acid groups (broad SMARTS) is 1. The first kappa shape index (κ1) is 12.0. The molecule has 4 nitrogen and oxygen atoms in total. The molecule has 3 N–H and O–H groups in total. The first-order chi connectivity index (χ1) is 6.87. The number of benzene rings is 1. The maximum atomic E-state index is 10.7. The van der Waals surface area contributed by atoms with Crippen LogP contribution in [0.25, 0.3) is 0 Å².